The highest BCUT2D eigenvalue weighted by atomic mass is 16.1. The minimum atomic E-state index is -0.0252. The van der Waals surface area contributed by atoms with Gasteiger partial charge in [-0.1, -0.05) is 13.8 Å². The van der Waals surface area contributed by atoms with Crippen LogP contribution in [-0.2, 0) is 11.3 Å². The molecule has 0 saturated heterocycles. The van der Waals surface area contributed by atoms with Gasteiger partial charge < -0.3 is 5.32 Å². The molecule has 78 valence electrons. The molecule has 4 heteroatoms. The Labute approximate surface area is 84.3 Å². The first kappa shape index (κ1) is 10.8. The molecule has 0 fully saturated rings. The van der Waals surface area contributed by atoms with Crippen molar-refractivity contribution in [1.82, 2.24) is 15.1 Å². The van der Waals surface area contributed by atoms with Gasteiger partial charge in [0.2, 0.25) is 5.91 Å². The van der Waals surface area contributed by atoms with Crippen LogP contribution in [0.15, 0.2) is 6.20 Å². The summed E-state index contributed by atoms with van der Waals surface area (Å²) in [7, 11) is 1.63. The van der Waals surface area contributed by atoms with Gasteiger partial charge in [-0.2, -0.15) is 5.10 Å². The maximum absolute atomic E-state index is 11.1. The lowest BCUT2D eigenvalue weighted by molar-refractivity contribution is -0.121. The van der Waals surface area contributed by atoms with Crippen LogP contribution in [0.1, 0.15) is 31.0 Å². The van der Waals surface area contributed by atoms with Gasteiger partial charge in [-0.05, 0) is 18.4 Å². The normalized spacial score (nSPS) is 10.6. The molecule has 1 rings (SSSR count). The number of hydrogen-bond acceptors (Lipinski definition) is 2. The third kappa shape index (κ3) is 2.34. The van der Waals surface area contributed by atoms with Crippen molar-refractivity contribution in [2.45, 2.75) is 33.2 Å². The first-order chi connectivity index (χ1) is 6.54. The number of hydrogen-bond donors (Lipinski definition) is 1. The summed E-state index contributed by atoms with van der Waals surface area (Å²) in [6.07, 6.45) is 1.94. The lowest BCUT2D eigenvalue weighted by atomic mass is 10.1. The molecular formula is C10H17N3O. The lowest BCUT2D eigenvalue weighted by Gasteiger charge is -2.00. The largest absolute Gasteiger partial charge is 0.358 e. The van der Waals surface area contributed by atoms with Crippen LogP contribution in [-0.4, -0.2) is 22.7 Å². The molecular weight excluding hydrogens is 178 g/mol. The van der Waals surface area contributed by atoms with Gasteiger partial charge >= 0.3 is 0 Å². The van der Waals surface area contributed by atoms with Crippen LogP contribution in [0.4, 0.5) is 0 Å². The highest BCUT2D eigenvalue weighted by Gasteiger charge is 2.09. The number of rotatable bonds is 3. The van der Waals surface area contributed by atoms with Gasteiger partial charge in [0.15, 0.2) is 0 Å². The third-order valence-electron chi connectivity index (χ3n) is 2.19. The van der Waals surface area contributed by atoms with E-state index in [1.807, 2.05) is 13.1 Å². The second-order valence-electron chi connectivity index (χ2n) is 3.70. The van der Waals surface area contributed by atoms with Gasteiger partial charge in [0.1, 0.15) is 6.54 Å². The Morgan fingerprint density at radius 3 is 2.71 bits per heavy atom. The van der Waals surface area contributed by atoms with Gasteiger partial charge in [0.05, 0.1) is 5.69 Å². The summed E-state index contributed by atoms with van der Waals surface area (Å²) in [5.41, 5.74) is 2.21. The number of carbonyl (C=O) groups is 1. The average molecular weight is 195 g/mol. The van der Waals surface area contributed by atoms with Gasteiger partial charge in [0, 0.05) is 13.2 Å². The van der Waals surface area contributed by atoms with Crippen molar-refractivity contribution < 1.29 is 4.79 Å². The van der Waals surface area contributed by atoms with Crippen molar-refractivity contribution in [3.8, 4) is 0 Å². The Hall–Kier alpha value is -1.32. The van der Waals surface area contributed by atoms with E-state index in [0.29, 0.717) is 12.5 Å². The summed E-state index contributed by atoms with van der Waals surface area (Å²) >= 11 is 0. The molecule has 0 radical (unpaired) electrons. The molecule has 1 N–H and O–H groups in total. The van der Waals surface area contributed by atoms with Crippen LogP contribution < -0.4 is 5.32 Å². The van der Waals surface area contributed by atoms with Gasteiger partial charge in [-0.15, -0.1) is 0 Å². The monoisotopic (exact) mass is 195 g/mol. The van der Waals surface area contributed by atoms with E-state index in [-0.39, 0.29) is 5.91 Å². The van der Waals surface area contributed by atoms with Gasteiger partial charge in [0.25, 0.3) is 0 Å². The number of nitrogens with zero attached hydrogens (tertiary/aromatic N) is 2. The fraction of sp³-hybridized carbons (Fsp3) is 0.600. The summed E-state index contributed by atoms with van der Waals surface area (Å²) in [6.45, 7) is 6.50. The Bertz CT molecular complexity index is 328. The zero-order valence-corrected chi connectivity index (χ0v) is 9.16. The zero-order valence-electron chi connectivity index (χ0n) is 9.16. The molecule has 0 unspecified atom stereocenters. The van der Waals surface area contributed by atoms with Crippen molar-refractivity contribution in [1.29, 1.82) is 0 Å². The molecule has 0 aliphatic heterocycles. The Balaban J connectivity index is 2.81. The number of aryl methyl sites for hydroxylation is 1. The standard InChI is InChI=1S/C10H17N3O/c1-7(2)9-5-13(12-8(9)3)6-10(14)11-4/h5,7H,6H2,1-4H3,(H,11,14). The highest BCUT2D eigenvalue weighted by molar-refractivity contribution is 5.75. The van der Waals surface area contributed by atoms with E-state index in [4.69, 9.17) is 0 Å². The summed E-state index contributed by atoms with van der Waals surface area (Å²) in [5.74, 6) is 0.427. The number of aromatic nitrogens is 2. The molecule has 14 heavy (non-hydrogen) atoms. The fourth-order valence-corrected chi connectivity index (χ4v) is 1.41. The summed E-state index contributed by atoms with van der Waals surface area (Å²) in [5, 5.41) is 6.85. The van der Waals surface area contributed by atoms with Crippen molar-refractivity contribution in [2.75, 3.05) is 7.05 Å². The Morgan fingerprint density at radius 2 is 2.29 bits per heavy atom. The molecule has 0 aliphatic rings. The van der Waals surface area contributed by atoms with Crippen LogP contribution in [0.5, 0.6) is 0 Å². The predicted molar refractivity (Wildman–Crippen MR) is 55.1 cm³/mol. The molecule has 0 aromatic carbocycles. The van der Waals surface area contributed by atoms with E-state index in [0.717, 1.165) is 5.69 Å². The van der Waals surface area contributed by atoms with Crippen molar-refractivity contribution >= 4 is 5.91 Å². The van der Waals surface area contributed by atoms with E-state index in [1.165, 1.54) is 5.56 Å². The van der Waals surface area contributed by atoms with Crippen LogP contribution in [0.3, 0.4) is 0 Å². The SMILES string of the molecule is CNC(=O)Cn1cc(C(C)C)c(C)n1. The molecule has 1 aromatic heterocycles. The second kappa shape index (κ2) is 4.26. The maximum atomic E-state index is 11.1. The highest BCUT2D eigenvalue weighted by Crippen LogP contribution is 2.16. The number of carbonyl (C=O) groups excluding carboxylic acids is 1. The van der Waals surface area contributed by atoms with Gasteiger partial charge in [-0.25, -0.2) is 0 Å². The fourth-order valence-electron chi connectivity index (χ4n) is 1.41. The minimum absolute atomic E-state index is 0.0252. The molecule has 1 aromatic rings. The quantitative estimate of drug-likeness (QED) is 0.784. The van der Waals surface area contributed by atoms with E-state index in [2.05, 4.69) is 24.3 Å². The minimum Gasteiger partial charge on any atom is -0.358 e. The van der Waals surface area contributed by atoms with E-state index in [9.17, 15) is 4.79 Å². The van der Waals surface area contributed by atoms with Crippen molar-refractivity contribution in [2.24, 2.45) is 0 Å². The molecule has 0 spiro atoms. The van der Waals surface area contributed by atoms with E-state index in [1.54, 1.807) is 11.7 Å². The summed E-state index contributed by atoms with van der Waals surface area (Å²) < 4.78 is 1.68. The molecule has 0 atom stereocenters. The predicted octanol–water partition coefficient (Wildman–Crippen LogP) is 1.06. The number of amides is 1. The second-order valence-corrected chi connectivity index (χ2v) is 3.70. The van der Waals surface area contributed by atoms with E-state index < -0.39 is 0 Å². The van der Waals surface area contributed by atoms with Crippen LogP contribution in [0.25, 0.3) is 0 Å². The average Bonchev–Trinajstić information content (AvgIpc) is 2.46. The van der Waals surface area contributed by atoms with Crippen molar-refractivity contribution in [3.63, 3.8) is 0 Å². The zero-order chi connectivity index (χ0) is 10.7. The maximum Gasteiger partial charge on any atom is 0.241 e. The summed E-state index contributed by atoms with van der Waals surface area (Å²) in [4.78, 5) is 11.1. The first-order valence-corrected chi connectivity index (χ1v) is 4.79. The molecule has 0 bridgehead atoms. The van der Waals surface area contributed by atoms with Crippen molar-refractivity contribution in [3.05, 3.63) is 17.5 Å². The smallest absolute Gasteiger partial charge is 0.241 e. The van der Waals surface area contributed by atoms with Crippen LogP contribution >= 0.6 is 0 Å². The first-order valence-electron chi connectivity index (χ1n) is 4.79. The van der Waals surface area contributed by atoms with Gasteiger partial charge in [-0.3, -0.25) is 9.48 Å². The topological polar surface area (TPSA) is 46.9 Å². The third-order valence-corrected chi connectivity index (χ3v) is 2.19. The number of nitrogens with one attached hydrogen (secondary N) is 1. The van der Waals surface area contributed by atoms with Crippen LogP contribution in [0, 0.1) is 6.92 Å². The molecule has 0 aliphatic carbocycles. The Morgan fingerprint density at radius 1 is 1.64 bits per heavy atom. The lowest BCUT2D eigenvalue weighted by Crippen LogP contribution is -2.23. The van der Waals surface area contributed by atoms with Crippen LogP contribution in [0.2, 0.25) is 0 Å². The molecule has 1 amide bonds. The number of likely N-dealkylation sites (N-methyl/N-ethyl adjacent to an activating group) is 1. The molecule has 0 saturated carbocycles. The molecule has 4 nitrogen and oxygen atoms in total. The van der Waals surface area contributed by atoms with E-state index >= 15 is 0 Å². The molecule has 1 heterocycles. The summed E-state index contributed by atoms with van der Waals surface area (Å²) in [6, 6.07) is 0. The Kier molecular flexibility index (Phi) is 3.28.